The van der Waals surface area contributed by atoms with Crippen molar-refractivity contribution >= 4 is 16.3 Å². The Balaban J connectivity index is 2.02. The van der Waals surface area contributed by atoms with Crippen LogP contribution in [0.2, 0.25) is 0 Å². The molecule has 0 fully saturated rings. The summed E-state index contributed by atoms with van der Waals surface area (Å²) in [6.45, 7) is 0.0240. The van der Waals surface area contributed by atoms with Crippen molar-refractivity contribution < 1.29 is 9.63 Å². The van der Waals surface area contributed by atoms with Gasteiger partial charge in [0.05, 0.1) is 17.2 Å². The lowest BCUT2D eigenvalue weighted by Crippen LogP contribution is -2.00. The van der Waals surface area contributed by atoms with Crippen molar-refractivity contribution in [3.05, 3.63) is 16.3 Å². The van der Waals surface area contributed by atoms with Crippen LogP contribution in [0.15, 0.2) is 4.52 Å². The summed E-state index contributed by atoms with van der Waals surface area (Å²) < 4.78 is 5.26. The highest BCUT2D eigenvalue weighted by molar-refractivity contribution is 7.16. The van der Waals surface area contributed by atoms with E-state index in [1.165, 1.54) is 23.3 Å². The van der Waals surface area contributed by atoms with E-state index in [-0.39, 0.29) is 6.61 Å². The number of aryl methyl sites for hydroxylation is 1. The zero-order chi connectivity index (χ0) is 12.5. The second-order valence-electron chi connectivity index (χ2n) is 4.44. The predicted octanol–water partition coefficient (Wildman–Crippen LogP) is 1.79. The fraction of sp³-hybridized carbons (Fsp3) is 0.500. The third-order valence-electron chi connectivity index (χ3n) is 3.22. The van der Waals surface area contributed by atoms with Crippen LogP contribution in [-0.4, -0.2) is 21.9 Å². The first-order chi connectivity index (χ1) is 8.79. The second-order valence-corrected chi connectivity index (χ2v) is 5.58. The van der Waals surface area contributed by atoms with Gasteiger partial charge in [-0.1, -0.05) is 5.16 Å². The standard InChI is InChI=1S/C12H15N3O2S/c13-11-10(7-3-1-2-4-8(7)18-11)12-14-9(5-6-16)15-17-12/h16H,1-6,13H2. The summed E-state index contributed by atoms with van der Waals surface area (Å²) in [6, 6.07) is 0. The molecule has 18 heavy (non-hydrogen) atoms. The van der Waals surface area contributed by atoms with E-state index in [1.807, 2.05) is 0 Å². The molecule has 1 aliphatic rings. The number of nitrogens with zero attached hydrogens (tertiary/aromatic N) is 2. The van der Waals surface area contributed by atoms with E-state index in [1.54, 1.807) is 11.3 Å². The molecular formula is C12H15N3O2S. The third-order valence-corrected chi connectivity index (χ3v) is 4.34. The highest BCUT2D eigenvalue weighted by atomic mass is 32.1. The van der Waals surface area contributed by atoms with Gasteiger partial charge in [-0.25, -0.2) is 0 Å². The molecule has 0 atom stereocenters. The number of thiophene rings is 1. The molecule has 0 saturated carbocycles. The molecule has 0 amide bonds. The molecule has 0 spiro atoms. The van der Waals surface area contributed by atoms with E-state index in [0.717, 1.165) is 23.4 Å². The molecule has 5 nitrogen and oxygen atoms in total. The van der Waals surface area contributed by atoms with Crippen molar-refractivity contribution in [3.63, 3.8) is 0 Å². The van der Waals surface area contributed by atoms with Crippen LogP contribution in [0.1, 0.15) is 29.1 Å². The van der Waals surface area contributed by atoms with Gasteiger partial charge < -0.3 is 15.4 Å². The SMILES string of the molecule is Nc1sc2c(c1-c1nc(CCO)no1)CCCC2. The minimum atomic E-state index is 0.0240. The lowest BCUT2D eigenvalue weighted by atomic mass is 9.95. The maximum absolute atomic E-state index is 8.86. The molecule has 0 aromatic carbocycles. The Kier molecular flexibility index (Phi) is 3.05. The molecule has 2 heterocycles. The lowest BCUT2D eigenvalue weighted by molar-refractivity contribution is 0.293. The van der Waals surface area contributed by atoms with E-state index >= 15 is 0 Å². The number of anilines is 1. The first-order valence-electron chi connectivity index (χ1n) is 6.13. The highest BCUT2D eigenvalue weighted by Gasteiger charge is 2.24. The number of aliphatic hydroxyl groups excluding tert-OH is 1. The van der Waals surface area contributed by atoms with Gasteiger partial charge >= 0.3 is 0 Å². The van der Waals surface area contributed by atoms with Crippen LogP contribution >= 0.6 is 11.3 Å². The number of aromatic nitrogens is 2. The third kappa shape index (κ3) is 1.91. The van der Waals surface area contributed by atoms with Crippen molar-refractivity contribution in [1.82, 2.24) is 10.1 Å². The molecule has 3 N–H and O–H groups in total. The minimum Gasteiger partial charge on any atom is -0.396 e. The lowest BCUT2D eigenvalue weighted by Gasteiger charge is -2.10. The van der Waals surface area contributed by atoms with Gasteiger partial charge in [0.15, 0.2) is 5.82 Å². The normalized spacial score (nSPS) is 14.7. The molecule has 0 unspecified atom stereocenters. The summed E-state index contributed by atoms with van der Waals surface area (Å²) in [7, 11) is 0. The topological polar surface area (TPSA) is 85.2 Å². The van der Waals surface area contributed by atoms with Crippen molar-refractivity contribution in [1.29, 1.82) is 0 Å². The highest BCUT2D eigenvalue weighted by Crippen LogP contribution is 2.41. The molecule has 3 rings (SSSR count). The molecule has 2 aromatic rings. The quantitative estimate of drug-likeness (QED) is 0.883. The van der Waals surface area contributed by atoms with E-state index in [2.05, 4.69) is 10.1 Å². The number of aliphatic hydroxyl groups is 1. The number of rotatable bonds is 3. The van der Waals surface area contributed by atoms with Crippen molar-refractivity contribution in [2.75, 3.05) is 12.3 Å². The summed E-state index contributed by atoms with van der Waals surface area (Å²) in [6.07, 6.45) is 4.97. The molecule has 0 aliphatic heterocycles. The van der Waals surface area contributed by atoms with Gasteiger partial charge in [-0.15, -0.1) is 11.3 Å². The Bertz CT molecular complexity index is 562. The van der Waals surface area contributed by atoms with Crippen LogP contribution in [0.25, 0.3) is 11.5 Å². The smallest absolute Gasteiger partial charge is 0.261 e. The maximum Gasteiger partial charge on any atom is 0.261 e. The molecule has 0 bridgehead atoms. The number of hydrogen-bond acceptors (Lipinski definition) is 6. The van der Waals surface area contributed by atoms with Gasteiger partial charge in [0.2, 0.25) is 0 Å². The van der Waals surface area contributed by atoms with Gasteiger partial charge in [0.25, 0.3) is 5.89 Å². The zero-order valence-corrected chi connectivity index (χ0v) is 10.8. The molecule has 1 aliphatic carbocycles. The number of nitrogens with two attached hydrogens (primary N) is 1. The Labute approximate surface area is 109 Å². The van der Waals surface area contributed by atoms with E-state index in [9.17, 15) is 0 Å². The van der Waals surface area contributed by atoms with Crippen LogP contribution in [0, 0.1) is 0 Å². The summed E-state index contributed by atoms with van der Waals surface area (Å²) in [4.78, 5) is 5.66. The molecule has 6 heteroatoms. The molecular weight excluding hydrogens is 250 g/mol. The minimum absolute atomic E-state index is 0.0240. The summed E-state index contributed by atoms with van der Waals surface area (Å²) in [5, 5.41) is 13.5. The fourth-order valence-electron chi connectivity index (χ4n) is 2.38. The van der Waals surface area contributed by atoms with E-state index in [0.29, 0.717) is 18.1 Å². The fourth-order valence-corrected chi connectivity index (χ4v) is 3.53. The first-order valence-corrected chi connectivity index (χ1v) is 6.95. The summed E-state index contributed by atoms with van der Waals surface area (Å²) in [5.74, 6) is 1.03. The predicted molar refractivity (Wildman–Crippen MR) is 69.5 cm³/mol. The van der Waals surface area contributed by atoms with Gasteiger partial charge in [0.1, 0.15) is 0 Å². The Morgan fingerprint density at radius 3 is 3.00 bits per heavy atom. The van der Waals surface area contributed by atoms with Crippen molar-refractivity contribution in [2.45, 2.75) is 32.1 Å². The summed E-state index contributed by atoms with van der Waals surface area (Å²) >= 11 is 1.63. The van der Waals surface area contributed by atoms with Gasteiger partial charge in [-0.05, 0) is 31.2 Å². The zero-order valence-electron chi connectivity index (χ0n) is 9.98. The monoisotopic (exact) mass is 265 g/mol. The Morgan fingerprint density at radius 2 is 2.17 bits per heavy atom. The summed E-state index contributed by atoms with van der Waals surface area (Å²) in [5.41, 5.74) is 8.28. The van der Waals surface area contributed by atoms with Crippen LogP contribution in [-0.2, 0) is 19.3 Å². The average Bonchev–Trinajstić information content (AvgIpc) is 2.92. The largest absolute Gasteiger partial charge is 0.396 e. The Morgan fingerprint density at radius 1 is 1.33 bits per heavy atom. The molecule has 96 valence electrons. The van der Waals surface area contributed by atoms with Crippen LogP contribution in [0.5, 0.6) is 0 Å². The molecule has 0 radical (unpaired) electrons. The van der Waals surface area contributed by atoms with Crippen molar-refractivity contribution in [2.24, 2.45) is 0 Å². The average molecular weight is 265 g/mol. The molecule has 2 aromatic heterocycles. The van der Waals surface area contributed by atoms with E-state index in [4.69, 9.17) is 15.4 Å². The van der Waals surface area contributed by atoms with Crippen molar-refractivity contribution in [3.8, 4) is 11.5 Å². The molecule has 0 saturated heterocycles. The Hall–Kier alpha value is -1.40. The number of nitrogen functional groups attached to an aromatic ring is 1. The van der Waals surface area contributed by atoms with E-state index < -0.39 is 0 Å². The van der Waals surface area contributed by atoms with Gasteiger partial charge in [-0.2, -0.15) is 4.98 Å². The number of hydrogen-bond donors (Lipinski definition) is 2. The van der Waals surface area contributed by atoms with Gasteiger partial charge in [0, 0.05) is 11.3 Å². The second kappa shape index (κ2) is 4.70. The van der Waals surface area contributed by atoms with Crippen LogP contribution in [0.3, 0.4) is 0 Å². The van der Waals surface area contributed by atoms with Crippen LogP contribution in [0.4, 0.5) is 5.00 Å². The number of fused-ring (bicyclic) bond motifs is 1. The first kappa shape index (κ1) is 11.7. The van der Waals surface area contributed by atoms with Crippen LogP contribution < -0.4 is 5.73 Å². The maximum atomic E-state index is 8.86. The van der Waals surface area contributed by atoms with Gasteiger partial charge in [-0.3, -0.25) is 0 Å².